The molecular weight excluding hydrogens is 477 g/mol. The fraction of sp³-hybridized carbons (Fsp3) is 0.286. The van der Waals surface area contributed by atoms with Gasteiger partial charge in [-0.2, -0.15) is 5.10 Å². The van der Waals surface area contributed by atoms with Crippen molar-refractivity contribution in [1.29, 1.82) is 0 Å². The topological polar surface area (TPSA) is 70.4 Å². The summed E-state index contributed by atoms with van der Waals surface area (Å²) in [5.41, 5.74) is 3.30. The zero-order valence-corrected chi connectivity index (χ0v) is 19.4. The fourth-order valence-electron chi connectivity index (χ4n) is 2.77. The zero-order chi connectivity index (χ0) is 19.8. The average Bonchev–Trinajstić information content (AvgIpc) is 3.26. The molecular formula is C21H28IN7. The number of guanidine groups is 1. The van der Waals surface area contributed by atoms with Gasteiger partial charge in [0.25, 0.3) is 0 Å². The Balaban J connectivity index is 0.00000300. The Labute approximate surface area is 189 Å². The zero-order valence-electron chi connectivity index (χ0n) is 17.0. The van der Waals surface area contributed by atoms with Crippen LogP contribution in [0.1, 0.15) is 11.3 Å². The maximum Gasteiger partial charge on any atom is 0.191 e. The van der Waals surface area contributed by atoms with Gasteiger partial charge < -0.3 is 15.5 Å². The molecule has 2 heterocycles. The minimum Gasteiger partial charge on any atom is -0.363 e. The molecule has 0 fully saturated rings. The van der Waals surface area contributed by atoms with Gasteiger partial charge in [-0.3, -0.25) is 4.99 Å². The lowest BCUT2D eigenvalue weighted by Crippen LogP contribution is -2.38. The SMILES string of the molecule is CN=C(NCCc1ccc(-n2cccn2)cc1)NCc1cccc(N(C)C)n1.I. The van der Waals surface area contributed by atoms with Crippen LogP contribution >= 0.6 is 24.0 Å². The lowest BCUT2D eigenvalue weighted by atomic mass is 10.1. The minimum atomic E-state index is 0. The standard InChI is InChI=1S/C21H27N7.HI/c1-22-21(24-16-18-6-4-7-20(26-18)27(2)3)23-14-12-17-8-10-19(11-9-17)28-15-5-13-25-28;/h4-11,13,15H,12,14,16H2,1-3H3,(H2,22,23,24);1H. The number of hydrogen-bond acceptors (Lipinski definition) is 4. The molecule has 1 aromatic carbocycles. The molecule has 0 saturated carbocycles. The van der Waals surface area contributed by atoms with Gasteiger partial charge in [-0.1, -0.05) is 18.2 Å². The lowest BCUT2D eigenvalue weighted by Gasteiger charge is -2.14. The third-order valence-electron chi connectivity index (χ3n) is 4.32. The molecule has 3 aromatic rings. The summed E-state index contributed by atoms with van der Waals surface area (Å²) in [7, 11) is 5.75. The minimum absolute atomic E-state index is 0. The maximum absolute atomic E-state index is 4.61. The summed E-state index contributed by atoms with van der Waals surface area (Å²) >= 11 is 0. The molecule has 2 N–H and O–H groups in total. The smallest absolute Gasteiger partial charge is 0.191 e. The van der Waals surface area contributed by atoms with E-state index in [0.717, 1.165) is 36.1 Å². The molecule has 0 aliphatic carbocycles. The number of rotatable bonds is 7. The number of aliphatic imine (C=N–C) groups is 1. The molecule has 2 aromatic heterocycles. The van der Waals surface area contributed by atoms with Gasteiger partial charge >= 0.3 is 0 Å². The average molecular weight is 505 g/mol. The Bertz CT molecular complexity index is 890. The molecule has 0 aliphatic heterocycles. The molecule has 7 nitrogen and oxygen atoms in total. The Morgan fingerprint density at radius 1 is 1.07 bits per heavy atom. The third kappa shape index (κ3) is 6.74. The maximum atomic E-state index is 4.61. The number of nitrogens with zero attached hydrogens (tertiary/aromatic N) is 5. The monoisotopic (exact) mass is 505 g/mol. The first-order valence-corrected chi connectivity index (χ1v) is 9.32. The molecule has 0 aliphatic rings. The van der Waals surface area contributed by atoms with Crippen molar-refractivity contribution in [2.45, 2.75) is 13.0 Å². The van der Waals surface area contributed by atoms with Crippen molar-refractivity contribution in [3.63, 3.8) is 0 Å². The highest BCUT2D eigenvalue weighted by atomic mass is 127. The van der Waals surface area contributed by atoms with E-state index >= 15 is 0 Å². The van der Waals surface area contributed by atoms with Gasteiger partial charge in [-0.25, -0.2) is 9.67 Å². The van der Waals surface area contributed by atoms with Gasteiger partial charge in [-0.05, 0) is 42.3 Å². The molecule has 0 atom stereocenters. The van der Waals surface area contributed by atoms with Crippen LogP contribution in [0.3, 0.4) is 0 Å². The van der Waals surface area contributed by atoms with Crippen LogP contribution in [-0.2, 0) is 13.0 Å². The van der Waals surface area contributed by atoms with E-state index in [-0.39, 0.29) is 24.0 Å². The van der Waals surface area contributed by atoms with Crippen molar-refractivity contribution in [2.75, 3.05) is 32.6 Å². The van der Waals surface area contributed by atoms with Gasteiger partial charge in [-0.15, -0.1) is 24.0 Å². The van der Waals surface area contributed by atoms with Crippen molar-refractivity contribution < 1.29 is 0 Å². The fourth-order valence-corrected chi connectivity index (χ4v) is 2.77. The van der Waals surface area contributed by atoms with Crippen molar-refractivity contribution in [2.24, 2.45) is 4.99 Å². The summed E-state index contributed by atoms with van der Waals surface area (Å²) < 4.78 is 1.85. The van der Waals surface area contributed by atoms with Crippen molar-refractivity contribution in [3.8, 4) is 5.69 Å². The summed E-state index contributed by atoms with van der Waals surface area (Å²) in [4.78, 5) is 10.9. The third-order valence-corrected chi connectivity index (χ3v) is 4.32. The van der Waals surface area contributed by atoms with Crippen LogP contribution < -0.4 is 15.5 Å². The highest BCUT2D eigenvalue weighted by Crippen LogP contribution is 2.09. The second-order valence-corrected chi connectivity index (χ2v) is 6.60. The number of benzene rings is 1. The number of halogens is 1. The van der Waals surface area contributed by atoms with Gasteiger partial charge in [0.05, 0.1) is 17.9 Å². The van der Waals surface area contributed by atoms with Crippen molar-refractivity contribution >= 4 is 35.8 Å². The molecule has 0 unspecified atom stereocenters. The quantitative estimate of drug-likeness (QED) is 0.294. The van der Waals surface area contributed by atoms with Gasteiger partial charge in [0.2, 0.25) is 0 Å². The van der Waals surface area contributed by atoms with Crippen LogP contribution in [0.5, 0.6) is 0 Å². The highest BCUT2D eigenvalue weighted by molar-refractivity contribution is 14.0. The molecule has 8 heteroatoms. The first-order chi connectivity index (χ1) is 13.7. The van der Waals surface area contributed by atoms with Crippen molar-refractivity contribution in [3.05, 3.63) is 72.2 Å². The molecule has 0 bridgehead atoms. The summed E-state index contributed by atoms with van der Waals surface area (Å²) in [6, 6.07) is 16.4. The van der Waals surface area contributed by atoms with Gasteiger partial charge in [0.15, 0.2) is 5.96 Å². The van der Waals surface area contributed by atoms with Gasteiger partial charge in [0, 0.05) is 40.1 Å². The van der Waals surface area contributed by atoms with E-state index in [4.69, 9.17) is 0 Å². The molecule has 0 radical (unpaired) electrons. The second-order valence-electron chi connectivity index (χ2n) is 6.60. The van der Waals surface area contributed by atoms with E-state index < -0.39 is 0 Å². The molecule has 29 heavy (non-hydrogen) atoms. The number of nitrogens with one attached hydrogen (secondary N) is 2. The number of pyridine rings is 1. The predicted molar refractivity (Wildman–Crippen MR) is 129 cm³/mol. The van der Waals surface area contributed by atoms with Crippen LogP contribution in [0.2, 0.25) is 0 Å². The first-order valence-electron chi connectivity index (χ1n) is 9.32. The van der Waals surface area contributed by atoms with Crippen LogP contribution in [-0.4, -0.2) is 48.4 Å². The van der Waals surface area contributed by atoms with E-state index in [1.165, 1.54) is 5.56 Å². The van der Waals surface area contributed by atoms with Crippen molar-refractivity contribution in [1.82, 2.24) is 25.4 Å². The number of hydrogen-bond donors (Lipinski definition) is 2. The Morgan fingerprint density at radius 3 is 2.52 bits per heavy atom. The number of anilines is 1. The van der Waals surface area contributed by atoms with Crippen LogP contribution in [0.4, 0.5) is 5.82 Å². The largest absolute Gasteiger partial charge is 0.363 e. The van der Waals surface area contributed by atoms with E-state index in [1.54, 1.807) is 13.2 Å². The lowest BCUT2D eigenvalue weighted by molar-refractivity contribution is 0.782. The normalized spacial score (nSPS) is 10.9. The molecule has 154 valence electrons. The van der Waals surface area contributed by atoms with Crippen LogP contribution in [0.15, 0.2) is 65.9 Å². The number of aromatic nitrogens is 3. The summed E-state index contributed by atoms with van der Waals surface area (Å²) in [5, 5.41) is 10.9. The van der Waals surface area contributed by atoms with E-state index in [0.29, 0.717) is 6.54 Å². The molecule has 0 amide bonds. The van der Waals surface area contributed by atoms with Gasteiger partial charge in [0.1, 0.15) is 5.82 Å². The molecule has 3 rings (SSSR count). The van der Waals surface area contributed by atoms with Crippen LogP contribution in [0, 0.1) is 0 Å². The predicted octanol–water partition coefficient (Wildman–Crippen LogP) is 2.86. The summed E-state index contributed by atoms with van der Waals surface area (Å²) in [5.74, 6) is 1.71. The first kappa shape index (κ1) is 22.7. The second kappa shape index (κ2) is 11.4. The molecule has 0 saturated heterocycles. The Hall–Kier alpha value is -2.62. The highest BCUT2D eigenvalue weighted by Gasteiger charge is 2.03. The van der Waals surface area contributed by atoms with E-state index in [9.17, 15) is 0 Å². The Kier molecular flexibility index (Phi) is 8.91. The van der Waals surface area contributed by atoms with E-state index in [2.05, 4.69) is 50.0 Å². The van der Waals surface area contributed by atoms with E-state index in [1.807, 2.05) is 54.1 Å². The summed E-state index contributed by atoms with van der Waals surface area (Å²) in [6.45, 7) is 1.42. The summed E-state index contributed by atoms with van der Waals surface area (Å²) in [6.07, 6.45) is 4.63. The van der Waals surface area contributed by atoms with Crippen LogP contribution in [0.25, 0.3) is 5.69 Å². The Morgan fingerprint density at radius 2 is 1.86 bits per heavy atom. The molecule has 0 spiro atoms.